The molecular formula is C14H19ClN2O5. The minimum absolute atomic E-state index is 0. The Hall–Kier alpha value is -1.86. The van der Waals surface area contributed by atoms with E-state index >= 15 is 0 Å². The highest BCUT2D eigenvalue weighted by Crippen LogP contribution is 2.21. The average molecular weight is 331 g/mol. The summed E-state index contributed by atoms with van der Waals surface area (Å²) >= 11 is 0. The van der Waals surface area contributed by atoms with Gasteiger partial charge in [-0.15, -0.1) is 12.4 Å². The van der Waals surface area contributed by atoms with E-state index in [2.05, 4.69) is 9.88 Å². The maximum Gasteiger partial charge on any atom is 0.354 e. The summed E-state index contributed by atoms with van der Waals surface area (Å²) in [6.07, 6.45) is 2.31. The maximum atomic E-state index is 11.2. The van der Waals surface area contributed by atoms with Crippen molar-refractivity contribution in [1.29, 1.82) is 0 Å². The first-order chi connectivity index (χ1) is 10.1. The van der Waals surface area contributed by atoms with Crippen LogP contribution < -0.4 is 4.90 Å². The molecule has 1 fully saturated rings. The van der Waals surface area contributed by atoms with Crippen molar-refractivity contribution in [2.45, 2.75) is 19.4 Å². The van der Waals surface area contributed by atoms with Gasteiger partial charge in [0.2, 0.25) is 0 Å². The highest BCUT2D eigenvalue weighted by atomic mass is 35.5. The number of esters is 1. The van der Waals surface area contributed by atoms with Gasteiger partial charge in [0.1, 0.15) is 12.3 Å². The molecule has 1 atom stereocenters. The number of aromatic carboxylic acids is 1. The SMILES string of the molecule is CCOC(=O)CO[C@@H]1CCN(c2ccc(C(=O)O)nc2)C1.Cl. The molecule has 0 saturated carbocycles. The topological polar surface area (TPSA) is 89.0 Å². The van der Waals surface area contributed by atoms with Gasteiger partial charge in [0.15, 0.2) is 0 Å². The standard InChI is InChI=1S/C14H18N2O5.ClH/c1-2-20-13(17)9-21-11-5-6-16(8-11)10-3-4-12(14(18)19)15-7-10;/h3-4,7,11H,2,5-6,8-9H2,1H3,(H,18,19);1H/t11-;/m1./s1. The zero-order chi connectivity index (χ0) is 15.2. The second kappa shape index (κ2) is 8.55. The molecule has 7 nitrogen and oxygen atoms in total. The van der Waals surface area contributed by atoms with E-state index in [1.54, 1.807) is 13.0 Å². The number of hydrogen-bond acceptors (Lipinski definition) is 6. The second-order valence-electron chi connectivity index (χ2n) is 4.68. The molecule has 8 heteroatoms. The molecule has 0 spiro atoms. The van der Waals surface area contributed by atoms with Crippen molar-refractivity contribution in [1.82, 2.24) is 4.98 Å². The predicted molar refractivity (Wildman–Crippen MR) is 81.6 cm³/mol. The number of carboxylic acids is 1. The quantitative estimate of drug-likeness (QED) is 0.788. The van der Waals surface area contributed by atoms with Crippen molar-refractivity contribution >= 4 is 30.0 Å². The second-order valence-corrected chi connectivity index (χ2v) is 4.68. The van der Waals surface area contributed by atoms with Crippen LogP contribution in [0.1, 0.15) is 23.8 Å². The molecule has 0 bridgehead atoms. The Morgan fingerprint density at radius 3 is 2.82 bits per heavy atom. The summed E-state index contributed by atoms with van der Waals surface area (Å²) in [5.74, 6) is -1.40. The number of aromatic nitrogens is 1. The van der Waals surface area contributed by atoms with Crippen LogP contribution in [0.2, 0.25) is 0 Å². The first-order valence-electron chi connectivity index (χ1n) is 6.81. The van der Waals surface area contributed by atoms with E-state index in [1.165, 1.54) is 12.3 Å². The third-order valence-corrected chi connectivity index (χ3v) is 3.22. The Morgan fingerprint density at radius 2 is 2.23 bits per heavy atom. The first kappa shape index (κ1) is 18.2. The van der Waals surface area contributed by atoms with Gasteiger partial charge in [-0.05, 0) is 25.5 Å². The summed E-state index contributed by atoms with van der Waals surface area (Å²) in [6.45, 7) is 3.49. The summed E-state index contributed by atoms with van der Waals surface area (Å²) in [5.41, 5.74) is 0.871. The summed E-state index contributed by atoms with van der Waals surface area (Å²) in [5, 5.41) is 8.81. The van der Waals surface area contributed by atoms with Crippen LogP contribution in [0.5, 0.6) is 0 Å². The van der Waals surface area contributed by atoms with Gasteiger partial charge in [0.25, 0.3) is 0 Å². The van der Waals surface area contributed by atoms with Crippen molar-refractivity contribution in [2.75, 3.05) is 31.2 Å². The van der Waals surface area contributed by atoms with E-state index in [0.29, 0.717) is 13.2 Å². The van der Waals surface area contributed by atoms with Crippen LogP contribution in [0.3, 0.4) is 0 Å². The van der Waals surface area contributed by atoms with Crippen molar-refractivity contribution in [3.63, 3.8) is 0 Å². The molecule has 0 radical (unpaired) electrons. The van der Waals surface area contributed by atoms with Gasteiger partial charge < -0.3 is 19.5 Å². The Bertz CT molecular complexity index is 508. The van der Waals surface area contributed by atoms with Crippen LogP contribution in [-0.2, 0) is 14.3 Å². The third kappa shape index (κ3) is 4.85. The van der Waals surface area contributed by atoms with E-state index in [0.717, 1.165) is 18.7 Å². The summed E-state index contributed by atoms with van der Waals surface area (Å²) in [6, 6.07) is 3.20. The molecule has 1 saturated heterocycles. The number of carboxylic acid groups (broad SMARTS) is 1. The molecule has 22 heavy (non-hydrogen) atoms. The van der Waals surface area contributed by atoms with Gasteiger partial charge in [-0.2, -0.15) is 0 Å². The van der Waals surface area contributed by atoms with Gasteiger partial charge in [0, 0.05) is 13.1 Å². The normalized spacial score (nSPS) is 17.0. The zero-order valence-corrected chi connectivity index (χ0v) is 13.0. The van der Waals surface area contributed by atoms with Crippen LogP contribution in [0, 0.1) is 0 Å². The van der Waals surface area contributed by atoms with Crippen molar-refractivity contribution < 1.29 is 24.2 Å². The minimum atomic E-state index is -1.04. The van der Waals surface area contributed by atoms with E-state index in [9.17, 15) is 9.59 Å². The molecular weight excluding hydrogens is 312 g/mol. The molecule has 1 aromatic rings. The monoisotopic (exact) mass is 330 g/mol. The Balaban J connectivity index is 0.00000242. The summed E-state index contributed by atoms with van der Waals surface area (Å²) in [7, 11) is 0. The molecule has 2 heterocycles. The number of carbonyl (C=O) groups excluding carboxylic acids is 1. The first-order valence-corrected chi connectivity index (χ1v) is 6.81. The third-order valence-electron chi connectivity index (χ3n) is 3.22. The maximum absolute atomic E-state index is 11.2. The number of anilines is 1. The molecule has 122 valence electrons. The average Bonchev–Trinajstić information content (AvgIpc) is 2.94. The fraction of sp³-hybridized carbons (Fsp3) is 0.500. The van der Waals surface area contributed by atoms with Crippen molar-refractivity contribution in [3.05, 3.63) is 24.0 Å². The number of carbonyl (C=O) groups is 2. The fourth-order valence-corrected chi connectivity index (χ4v) is 2.19. The molecule has 1 aromatic heterocycles. The Morgan fingerprint density at radius 1 is 1.45 bits per heavy atom. The van der Waals surface area contributed by atoms with Gasteiger partial charge in [-0.1, -0.05) is 0 Å². The number of rotatable bonds is 6. The van der Waals surface area contributed by atoms with Crippen LogP contribution in [0.25, 0.3) is 0 Å². The highest BCUT2D eigenvalue weighted by Gasteiger charge is 2.24. The van der Waals surface area contributed by atoms with E-state index in [4.69, 9.17) is 14.6 Å². The van der Waals surface area contributed by atoms with Crippen LogP contribution >= 0.6 is 12.4 Å². The zero-order valence-electron chi connectivity index (χ0n) is 12.2. The lowest BCUT2D eigenvalue weighted by Crippen LogP contribution is -2.25. The Kier molecular flexibility index (Phi) is 7.07. The smallest absolute Gasteiger partial charge is 0.354 e. The van der Waals surface area contributed by atoms with E-state index < -0.39 is 5.97 Å². The molecule has 0 amide bonds. The molecule has 0 unspecified atom stereocenters. The van der Waals surface area contributed by atoms with Gasteiger partial charge in [0.05, 0.1) is 24.6 Å². The number of hydrogen-bond donors (Lipinski definition) is 1. The minimum Gasteiger partial charge on any atom is -0.477 e. The summed E-state index contributed by atoms with van der Waals surface area (Å²) in [4.78, 5) is 27.9. The van der Waals surface area contributed by atoms with Crippen LogP contribution in [0.15, 0.2) is 18.3 Å². The molecule has 1 aliphatic heterocycles. The van der Waals surface area contributed by atoms with Crippen molar-refractivity contribution in [2.24, 2.45) is 0 Å². The number of nitrogens with zero attached hydrogens (tertiary/aromatic N) is 2. The molecule has 1 aliphatic rings. The fourth-order valence-electron chi connectivity index (χ4n) is 2.19. The predicted octanol–water partition coefficient (Wildman–Crippen LogP) is 1.36. The van der Waals surface area contributed by atoms with Gasteiger partial charge in [-0.25, -0.2) is 14.6 Å². The number of pyridine rings is 1. The van der Waals surface area contributed by atoms with Gasteiger partial charge in [-0.3, -0.25) is 0 Å². The Labute approximate surface area is 134 Å². The highest BCUT2D eigenvalue weighted by molar-refractivity contribution is 5.85. The number of ether oxygens (including phenoxy) is 2. The van der Waals surface area contributed by atoms with Gasteiger partial charge >= 0.3 is 11.9 Å². The summed E-state index contributed by atoms with van der Waals surface area (Å²) < 4.78 is 10.3. The lowest BCUT2D eigenvalue weighted by atomic mass is 10.3. The molecule has 0 aliphatic carbocycles. The van der Waals surface area contributed by atoms with Crippen LogP contribution in [0.4, 0.5) is 5.69 Å². The number of halogens is 1. The lowest BCUT2D eigenvalue weighted by molar-refractivity contribution is -0.150. The molecule has 1 N–H and O–H groups in total. The molecule has 0 aromatic carbocycles. The molecule has 2 rings (SSSR count). The van der Waals surface area contributed by atoms with E-state index in [1.807, 2.05) is 0 Å². The lowest BCUT2D eigenvalue weighted by Gasteiger charge is -2.18. The van der Waals surface area contributed by atoms with E-state index in [-0.39, 0.29) is 36.8 Å². The largest absolute Gasteiger partial charge is 0.477 e. The van der Waals surface area contributed by atoms with Crippen LogP contribution in [-0.4, -0.2) is 54.4 Å². The van der Waals surface area contributed by atoms with Crippen molar-refractivity contribution in [3.8, 4) is 0 Å².